The van der Waals surface area contributed by atoms with Crippen LogP contribution in [-0.2, 0) is 19.0 Å². The van der Waals surface area contributed by atoms with Crippen molar-refractivity contribution in [3.05, 3.63) is 35.9 Å². The Morgan fingerprint density at radius 1 is 1.24 bits per heavy atom. The molecule has 1 aromatic rings. The van der Waals surface area contributed by atoms with Crippen LogP contribution >= 0.6 is 0 Å². The van der Waals surface area contributed by atoms with Gasteiger partial charge in [0.2, 0.25) is 0 Å². The summed E-state index contributed by atoms with van der Waals surface area (Å²) in [6, 6.07) is 9.28. The number of methoxy groups -OCH3 is 1. The molecule has 96 valence electrons. The van der Waals surface area contributed by atoms with Gasteiger partial charge in [-0.15, -0.1) is 0 Å². The molecular weight excluding hydrogens is 240 g/mol. The minimum atomic E-state index is -3.49. The first-order valence-corrected chi connectivity index (χ1v) is 7.18. The zero-order valence-electron chi connectivity index (χ0n) is 10.3. The second-order valence-corrected chi connectivity index (χ2v) is 5.66. The fraction of sp³-hybridized carbons (Fsp3) is 0.500. The molecule has 2 unspecified atom stereocenters. The van der Waals surface area contributed by atoms with Crippen LogP contribution in [0.5, 0.6) is 0 Å². The summed E-state index contributed by atoms with van der Waals surface area (Å²) in [4.78, 5) is 0. The molecular formula is C12H18O4S. The Morgan fingerprint density at radius 3 is 2.29 bits per heavy atom. The molecule has 5 heteroatoms. The number of hydrogen-bond acceptors (Lipinski definition) is 4. The highest BCUT2D eigenvalue weighted by Gasteiger charge is 2.24. The zero-order chi connectivity index (χ0) is 12.9. The van der Waals surface area contributed by atoms with Crippen molar-refractivity contribution < 1.29 is 17.3 Å². The van der Waals surface area contributed by atoms with Crippen LogP contribution < -0.4 is 0 Å². The SMILES string of the molecule is COCC(C)C(OS(C)(=O)=O)c1ccccc1. The van der Waals surface area contributed by atoms with Gasteiger partial charge in [0.25, 0.3) is 10.1 Å². The first-order valence-electron chi connectivity index (χ1n) is 5.36. The third kappa shape index (κ3) is 4.85. The minimum Gasteiger partial charge on any atom is -0.384 e. The Hall–Kier alpha value is -0.910. The maximum absolute atomic E-state index is 11.3. The standard InChI is InChI=1S/C12H18O4S/c1-10(9-15-2)12(16-17(3,13)14)11-7-5-4-6-8-11/h4-8,10,12H,9H2,1-3H3. The summed E-state index contributed by atoms with van der Waals surface area (Å²) < 4.78 is 32.7. The second-order valence-electron chi connectivity index (χ2n) is 4.06. The summed E-state index contributed by atoms with van der Waals surface area (Å²) in [6.07, 6.45) is 0.550. The predicted molar refractivity (Wildman–Crippen MR) is 66.2 cm³/mol. The highest BCUT2D eigenvalue weighted by atomic mass is 32.2. The molecule has 0 aromatic heterocycles. The number of rotatable bonds is 6. The van der Waals surface area contributed by atoms with Gasteiger partial charge < -0.3 is 4.74 Å². The highest BCUT2D eigenvalue weighted by molar-refractivity contribution is 7.86. The van der Waals surface area contributed by atoms with E-state index in [2.05, 4.69) is 0 Å². The highest BCUT2D eigenvalue weighted by Crippen LogP contribution is 2.27. The molecule has 0 saturated heterocycles. The second kappa shape index (κ2) is 6.14. The largest absolute Gasteiger partial charge is 0.384 e. The maximum atomic E-state index is 11.3. The van der Waals surface area contributed by atoms with E-state index in [4.69, 9.17) is 8.92 Å². The van der Waals surface area contributed by atoms with E-state index in [-0.39, 0.29) is 5.92 Å². The third-order valence-electron chi connectivity index (χ3n) is 2.35. The van der Waals surface area contributed by atoms with Crippen molar-refractivity contribution in [1.82, 2.24) is 0 Å². The monoisotopic (exact) mass is 258 g/mol. The lowest BCUT2D eigenvalue weighted by Crippen LogP contribution is -2.20. The van der Waals surface area contributed by atoms with Crippen LogP contribution in [0.1, 0.15) is 18.6 Å². The van der Waals surface area contributed by atoms with Gasteiger partial charge in [-0.2, -0.15) is 8.42 Å². The number of benzene rings is 1. The lowest BCUT2D eigenvalue weighted by atomic mass is 9.98. The van der Waals surface area contributed by atoms with Gasteiger partial charge >= 0.3 is 0 Å². The van der Waals surface area contributed by atoms with Crippen molar-refractivity contribution in [3.63, 3.8) is 0 Å². The first kappa shape index (κ1) is 14.2. The molecule has 1 rings (SSSR count). The normalized spacial score (nSPS) is 15.5. The van der Waals surface area contributed by atoms with Crippen LogP contribution in [0, 0.1) is 5.92 Å². The summed E-state index contributed by atoms with van der Waals surface area (Å²) in [7, 11) is -1.91. The van der Waals surface area contributed by atoms with E-state index in [1.807, 2.05) is 37.3 Å². The minimum absolute atomic E-state index is 0.0443. The van der Waals surface area contributed by atoms with Crippen LogP contribution in [0.15, 0.2) is 30.3 Å². The molecule has 0 amide bonds. The van der Waals surface area contributed by atoms with Gasteiger partial charge in [-0.05, 0) is 5.56 Å². The Morgan fingerprint density at radius 2 is 1.82 bits per heavy atom. The molecule has 0 saturated carbocycles. The molecule has 0 aliphatic carbocycles. The van der Waals surface area contributed by atoms with Crippen LogP contribution in [-0.4, -0.2) is 28.4 Å². The van der Waals surface area contributed by atoms with Crippen molar-refractivity contribution in [3.8, 4) is 0 Å². The van der Waals surface area contributed by atoms with Gasteiger partial charge in [-0.25, -0.2) is 0 Å². The molecule has 0 N–H and O–H groups in total. The summed E-state index contributed by atoms with van der Waals surface area (Å²) >= 11 is 0. The van der Waals surface area contributed by atoms with Gasteiger partial charge in [0.15, 0.2) is 0 Å². The molecule has 1 aromatic carbocycles. The van der Waals surface area contributed by atoms with Crippen LogP contribution in [0.2, 0.25) is 0 Å². The van der Waals surface area contributed by atoms with Gasteiger partial charge in [0, 0.05) is 13.0 Å². The zero-order valence-corrected chi connectivity index (χ0v) is 11.1. The fourth-order valence-corrected chi connectivity index (χ4v) is 2.34. The van der Waals surface area contributed by atoms with Gasteiger partial charge in [0.1, 0.15) is 6.10 Å². The van der Waals surface area contributed by atoms with E-state index >= 15 is 0 Å². The summed E-state index contributed by atoms with van der Waals surface area (Å²) in [5.41, 5.74) is 0.836. The predicted octanol–water partition coefficient (Wildman–Crippen LogP) is 1.99. The molecule has 0 spiro atoms. The molecule has 0 heterocycles. The van der Waals surface area contributed by atoms with Crippen LogP contribution in [0.4, 0.5) is 0 Å². The molecule has 0 bridgehead atoms. The number of ether oxygens (including phenoxy) is 1. The maximum Gasteiger partial charge on any atom is 0.264 e. The quantitative estimate of drug-likeness (QED) is 0.732. The van der Waals surface area contributed by atoms with Crippen molar-refractivity contribution in [1.29, 1.82) is 0 Å². The van der Waals surface area contributed by atoms with Gasteiger partial charge in [-0.1, -0.05) is 37.3 Å². The average molecular weight is 258 g/mol. The topological polar surface area (TPSA) is 52.6 Å². The third-order valence-corrected chi connectivity index (χ3v) is 2.91. The average Bonchev–Trinajstić information content (AvgIpc) is 2.26. The van der Waals surface area contributed by atoms with E-state index in [1.54, 1.807) is 7.11 Å². The molecule has 0 radical (unpaired) electrons. The lowest BCUT2D eigenvalue weighted by Gasteiger charge is -2.22. The van der Waals surface area contributed by atoms with Crippen molar-refractivity contribution in [2.75, 3.05) is 20.0 Å². The molecule has 0 fully saturated rings. The van der Waals surface area contributed by atoms with Crippen LogP contribution in [0.25, 0.3) is 0 Å². The van der Waals surface area contributed by atoms with E-state index in [1.165, 1.54) is 0 Å². The van der Waals surface area contributed by atoms with E-state index in [0.717, 1.165) is 11.8 Å². The fourth-order valence-electron chi connectivity index (χ4n) is 1.66. The van der Waals surface area contributed by atoms with Gasteiger partial charge in [-0.3, -0.25) is 4.18 Å². The number of hydrogen-bond donors (Lipinski definition) is 0. The summed E-state index contributed by atoms with van der Waals surface area (Å²) in [6.45, 7) is 2.33. The lowest BCUT2D eigenvalue weighted by molar-refractivity contribution is 0.0770. The molecule has 4 nitrogen and oxygen atoms in total. The molecule has 17 heavy (non-hydrogen) atoms. The molecule has 0 aliphatic heterocycles. The van der Waals surface area contributed by atoms with Crippen molar-refractivity contribution in [2.45, 2.75) is 13.0 Å². The molecule has 2 atom stereocenters. The van der Waals surface area contributed by atoms with Gasteiger partial charge in [0.05, 0.1) is 12.9 Å². The molecule has 0 aliphatic rings. The first-order chi connectivity index (χ1) is 7.94. The van der Waals surface area contributed by atoms with Crippen LogP contribution in [0.3, 0.4) is 0 Å². The Balaban J connectivity index is 2.94. The summed E-state index contributed by atoms with van der Waals surface area (Å²) in [5.74, 6) is -0.0443. The van der Waals surface area contributed by atoms with Crippen molar-refractivity contribution in [2.24, 2.45) is 5.92 Å². The Kier molecular flexibility index (Phi) is 5.11. The summed E-state index contributed by atoms with van der Waals surface area (Å²) in [5, 5.41) is 0. The van der Waals surface area contributed by atoms with Crippen molar-refractivity contribution >= 4 is 10.1 Å². The smallest absolute Gasteiger partial charge is 0.264 e. The van der Waals surface area contributed by atoms with E-state index in [9.17, 15) is 8.42 Å². The van der Waals surface area contributed by atoms with E-state index < -0.39 is 16.2 Å². The Bertz CT molecular complexity index is 427. The Labute approximate surface area is 103 Å². The van der Waals surface area contributed by atoms with E-state index in [0.29, 0.717) is 6.61 Å².